The van der Waals surface area contributed by atoms with Gasteiger partial charge in [-0.3, -0.25) is 9.78 Å². The minimum Gasteiger partial charge on any atom is -0.337 e. The van der Waals surface area contributed by atoms with Gasteiger partial charge < -0.3 is 4.90 Å². The van der Waals surface area contributed by atoms with Gasteiger partial charge in [-0.05, 0) is 17.5 Å². The molecule has 0 spiro atoms. The summed E-state index contributed by atoms with van der Waals surface area (Å²) in [5, 5.41) is 10.8. The topological polar surface area (TPSA) is 57.0 Å². The highest BCUT2D eigenvalue weighted by Crippen LogP contribution is 2.13. The molecule has 5 heteroatoms. The summed E-state index contributed by atoms with van der Waals surface area (Å²) >= 11 is 1.61. The summed E-state index contributed by atoms with van der Waals surface area (Å²) in [5.74, 6) is -0.131. The predicted octanol–water partition coefficient (Wildman–Crippen LogP) is 2.29. The molecular weight excluding hydrogens is 246 g/mol. The molecule has 2 rings (SSSR count). The second-order valence-corrected chi connectivity index (χ2v) is 4.85. The lowest BCUT2D eigenvalue weighted by molar-refractivity contribution is 0.0786. The Bertz CT molecular complexity index is 587. The number of carbonyl (C=O) groups excluding carboxylic acids is 1. The van der Waals surface area contributed by atoms with E-state index in [0.29, 0.717) is 17.7 Å². The molecule has 0 radical (unpaired) electrons. The van der Waals surface area contributed by atoms with Gasteiger partial charge in [0.05, 0.1) is 17.7 Å². The number of aromatic nitrogens is 1. The second-order valence-electron chi connectivity index (χ2n) is 3.81. The van der Waals surface area contributed by atoms with Crippen LogP contribution >= 0.6 is 11.3 Å². The number of amides is 1. The van der Waals surface area contributed by atoms with E-state index in [9.17, 15) is 4.79 Å². The summed E-state index contributed by atoms with van der Waals surface area (Å²) < 4.78 is 0. The van der Waals surface area contributed by atoms with Crippen LogP contribution in [0.15, 0.2) is 36.0 Å². The third-order valence-corrected chi connectivity index (χ3v) is 3.30. The Hall–Kier alpha value is -2.19. The van der Waals surface area contributed by atoms with Crippen LogP contribution in [0.4, 0.5) is 0 Å². The fourth-order valence-corrected chi connectivity index (χ4v) is 2.30. The highest BCUT2D eigenvalue weighted by Gasteiger charge is 2.13. The van der Waals surface area contributed by atoms with Crippen LogP contribution in [-0.4, -0.2) is 22.8 Å². The Morgan fingerprint density at radius 2 is 2.39 bits per heavy atom. The first-order chi connectivity index (χ1) is 8.70. The molecule has 0 aromatic carbocycles. The lowest BCUT2D eigenvalue weighted by atomic mass is 10.2. The van der Waals surface area contributed by atoms with Gasteiger partial charge in [-0.25, -0.2) is 0 Å². The minimum absolute atomic E-state index is 0.131. The fourth-order valence-electron chi connectivity index (χ4n) is 1.55. The van der Waals surface area contributed by atoms with Crippen molar-refractivity contribution in [3.05, 3.63) is 52.0 Å². The molecule has 1 amide bonds. The molecule has 90 valence electrons. The number of hydrogen-bond donors (Lipinski definition) is 0. The van der Waals surface area contributed by atoms with Gasteiger partial charge in [-0.2, -0.15) is 5.26 Å². The fraction of sp³-hybridized carbons (Fsp3) is 0.154. The second kappa shape index (κ2) is 5.43. The van der Waals surface area contributed by atoms with Crippen molar-refractivity contribution in [2.75, 3.05) is 7.05 Å². The molecule has 2 aromatic rings. The van der Waals surface area contributed by atoms with E-state index in [2.05, 4.69) is 4.98 Å². The zero-order chi connectivity index (χ0) is 13.0. The van der Waals surface area contributed by atoms with Gasteiger partial charge in [-0.1, -0.05) is 6.07 Å². The number of rotatable bonds is 3. The largest absolute Gasteiger partial charge is 0.337 e. The molecule has 0 saturated carbocycles. The first-order valence-corrected chi connectivity index (χ1v) is 6.21. The van der Waals surface area contributed by atoms with Gasteiger partial charge in [0.1, 0.15) is 6.07 Å². The summed E-state index contributed by atoms with van der Waals surface area (Å²) in [6, 6.07) is 7.47. The van der Waals surface area contributed by atoms with E-state index in [4.69, 9.17) is 5.26 Å². The van der Waals surface area contributed by atoms with Crippen LogP contribution in [0.1, 0.15) is 20.8 Å². The van der Waals surface area contributed by atoms with Crippen LogP contribution in [0.2, 0.25) is 0 Å². The van der Waals surface area contributed by atoms with Crippen LogP contribution in [0.25, 0.3) is 0 Å². The van der Waals surface area contributed by atoms with Gasteiger partial charge in [-0.15, -0.1) is 11.3 Å². The molecule has 4 nitrogen and oxygen atoms in total. The van der Waals surface area contributed by atoms with Crippen molar-refractivity contribution in [1.82, 2.24) is 9.88 Å². The first kappa shape index (κ1) is 12.3. The molecule has 0 aliphatic rings. The summed E-state index contributed by atoms with van der Waals surface area (Å²) in [6.07, 6.45) is 2.92. The van der Waals surface area contributed by atoms with E-state index in [-0.39, 0.29) is 5.91 Å². The number of hydrogen-bond acceptors (Lipinski definition) is 4. The van der Waals surface area contributed by atoms with Crippen LogP contribution in [0.3, 0.4) is 0 Å². The summed E-state index contributed by atoms with van der Waals surface area (Å²) in [6.45, 7) is 0.563. The number of pyridine rings is 1. The number of carbonyl (C=O) groups is 1. The average molecular weight is 257 g/mol. The van der Waals surface area contributed by atoms with Crippen molar-refractivity contribution >= 4 is 17.2 Å². The maximum Gasteiger partial charge on any atom is 0.255 e. The molecule has 0 bridgehead atoms. The first-order valence-electron chi connectivity index (χ1n) is 5.33. The van der Waals surface area contributed by atoms with E-state index in [1.54, 1.807) is 29.4 Å². The van der Waals surface area contributed by atoms with Crippen molar-refractivity contribution < 1.29 is 4.79 Å². The molecule has 0 aliphatic heterocycles. The van der Waals surface area contributed by atoms with E-state index < -0.39 is 0 Å². The smallest absolute Gasteiger partial charge is 0.255 e. The van der Waals surface area contributed by atoms with Crippen molar-refractivity contribution in [1.29, 1.82) is 5.26 Å². The molecule has 2 aromatic heterocycles. The molecule has 0 atom stereocenters. The van der Waals surface area contributed by atoms with Gasteiger partial charge >= 0.3 is 0 Å². The molecule has 0 saturated heterocycles. The Morgan fingerprint density at radius 3 is 3.06 bits per heavy atom. The number of nitrogens with zero attached hydrogens (tertiary/aromatic N) is 3. The average Bonchev–Trinajstić information content (AvgIpc) is 2.90. The van der Waals surface area contributed by atoms with Gasteiger partial charge in [0.15, 0.2) is 0 Å². The van der Waals surface area contributed by atoms with Crippen molar-refractivity contribution in [3.8, 4) is 6.07 Å². The summed E-state index contributed by atoms with van der Waals surface area (Å²) in [7, 11) is 1.74. The maximum absolute atomic E-state index is 12.1. The Labute approximate surface area is 109 Å². The van der Waals surface area contributed by atoms with Crippen molar-refractivity contribution in [3.63, 3.8) is 0 Å². The molecule has 2 heterocycles. The van der Waals surface area contributed by atoms with Crippen LogP contribution in [0.5, 0.6) is 0 Å². The monoisotopic (exact) mass is 257 g/mol. The third kappa shape index (κ3) is 2.73. The molecule has 0 N–H and O–H groups in total. The molecule has 0 unspecified atom stereocenters. The summed E-state index contributed by atoms with van der Waals surface area (Å²) in [4.78, 5) is 18.7. The number of nitriles is 1. The number of thiophene rings is 1. The van der Waals surface area contributed by atoms with Crippen LogP contribution < -0.4 is 0 Å². The van der Waals surface area contributed by atoms with Gasteiger partial charge in [0, 0.05) is 24.3 Å². The van der Waals surface area contributed by atoms with E-state index in [0.717, 1.165) is 4.88 Å². The minimum atomic E-state index is -0.131. The zero-order valence-electron chi connectivity index (χ0n) is 9.83. The maximum atomic E-state index is 12.1. The lowest BCUT2D eigenvalue weighted by Gasteiger charge is -2.16. The Balaban J connectivity index is 2.13. The van der Waals surface area contributed by atoms with Gasteiger partial charge in [0.2, 0.25) is 0 Å². The normalized spacial score (nSPS) is 9.78. The SMILES string of the molecule is CN(Cc1cccs1)C(=O)c1cncc(C#N)c1. The third-order valence-electron chi connectivity index (χ3n) is 2.43. The van der Waals surface area contributed by atoms with Crippen molar-refractivity contribution in [2.24, 2.45) is 0 Å². The quantitative estimate of drug-likeness (QED) is 0.847. The molecule has 0 fully saturated rings. The highest BCUT2D eigenvalue weighted by atomic mass is 32.1. The van der Waals surface area contributed by atoms with E-state index in [1.807, 2.05) is 23.6 Å². The molecule has 18 heavy (non-hydrogen) atoms. The van der Waals surface area contributed by atoms with E-state index in [1.165, 1.54) is 12.4 Å². The summed E-state index contributed by atoms with van der Waals surface area (Å²) in [5.41, 5.74) is 0.832. The Kier molecular flexibility index (Phi) is 3.70. The van der Waals surface area contributed by atoms with Crippen LogP contribution in [-0.2, 0) is 6.54 Å². The molecule has 0 aliphatic carbocycles. The standard InChI is InChI=1S/C13H11N3OS/c1-16(9-12-3-2-4-18-12)13(17)11-5-10(6-14)7-15-8-11/h2-5,7-8H,9H2,1H3. The highest BCUT2D eigenvalue weighted by molar-refractivity contribution is 7.09. The molecular formula is C13H11N3OS. The van der Waals surface area contributed by atoms with Crippen molar-refractivity contribution in [2.45, 2.75) is 6.54 Å². The van der Waals surface area contributed by atoms with Crippen LogP contribution in [0, 0.1) is 11.3 Å². The Morgan fingerprint density at radius 1 is 1.56 bits per heavy atom. The zero-order valence-corrected chi connectivity index (χ0v) is 10.6. The lowest BCUT2D eigenvalue weighted by Crippen LogP contribution is -2.25. The van der Waals surface area contributed by atoms with E-state index >= 15 is 0 Å². The van der Waals surface area contributed by atoms with Gasteiger partial charge in [0.25, 0.3) is 5.91 Å². The predicted molar refractivity (Wildman–Crippen MR) is 69.1 cm³/mol.